The Bertz CT molecular complexity index is 609. The molecule has 41 heavy (non-hydrogen) atoms. The molecule has 2 atom stereocenters. The standard InChI is InChI=1S/C32H66NO7P/c1-3-5-7-9-11-12-13-14-15-16-17-18-19-20-21-23-25-32(34)40-31(30-39-41(35,36)38-28-26-33)29-37-27-24-22-10-8-6-4-2/h31H,3-30,33H2,1-2H3,(H,35,36). The van der Waals surface area contributed by atoms with E-state index in [1.807, 2.05) is 0 Å². The maximum Gasteiger partial charge on any atom is 0.472 e. The largest absolute Gasteiger partial charge is 0.472 e. The zero-order chi connectivity index (χ0) is 30.3. The van der Waals surface area contributed by atoms with Gasteiger partial charge in [0.15, 0.2) is 0 Å². The lowest BCUT2D eigenvalue weighted by Gasteiger charge is -2.20. The summed E-state index contributed by atoms with van der Waals surface area (Å²) < 4.78 is 33.0. The van der Waals surface area contributed by atoms with Crippen molar-refractivity contribution in [2.75, 3.05) is 33.0 Å². The van der Waals surface area contributed by atoms with Crippen molar-refractivity contribution in [3.63, 3.8) is 0 Å². The van der Waals surface area contributed by atoms with Gasteiger partial charge in [-0.05, 0) is 12.8 Å². The van der Waals surface area contributed by atoms with Gasteiger partial charge in [0, 0.05) is 19.6 Å². The lowest BCUT2D eigenvalue weighted by Crippen LogP contribution is -2.28. The second-order valence-electron chi connectivity index (χ2n) is 11.4. The molecule has 0 heterocycles. The normalized spacial score (nSPS) is 13.8. The topological polar surface area (TPSA) is 117 Å². The van der Waals surface area contributed by atoms with Crippen LogP contribution in [0.25, 0.3) is 0 Å². The van der Waals surface area contributed by atoms with Crippen molar-refractivity contribution in [1.29, 1.82) is 0 Å². The monoisotopic (exact) mass is 607 g/mol. The summed E-state index contributed by atoms with van der Waals surface area (Å²) in [6, 6.07) is 0. The van der Waals surface area contributed by atoms with Crippen molar-refractivity contribution in [3.8, 4) is 0 Å². The molecule has 8 nitrogen and oxygen atoms in total. The number of nitrogens with two attached hydrogens (primary N) is 1. The van der Waals surface area contributed by atoms with E-state index in [-0.39, 0.29) is 32.3 Å². The maximum atomic E-state index is 12.4. The molecule has 0 radical (unpaired) electrons. The zero-order valence-electron chi connectivity index (χ0n) is 26.8. The maximum absolute atomic E-state index is 12.4. The van der Waals surface area contributed by atoms with Crippen molar-refractivity contribution in [1.82, 2.24) is 0 Å². The van der Waals surface area contributed by atoms with Crippen molar-refractivity contribution >= 4 is 13.8 Å². The Hall–Kier alpha value is -0.500. The Balaban J connectivity index is 3.98. The zero-order valence-corrected chi connectivity index (χ0v) is 27.7. The summed E-state index contributed by atoms with van der Waals surface area (Å²) in [7, 11) is -4.25. The third-order valence-corrected chi connectivity index (χ3v) is 8.26. The highest BCUT2D eigenvalue weighted by molar-refractivity contribution is 7.47. The van der Waals surface area contributed by atoms with E-state index in [4.69, 9.17) is 24.3 Å². The molecule has 2 unspecified atom stereocenters. The molecule has 0 aliphatic rings. The smallest absolute Gasteiger partial charge is 0.457 e. The average Bonchev–Trinajstić information content (AvgIpc) is 2.96. The van der Waals surface area contributed by atoms with Gasteiger partial charge in [0.2, 0.25) is 0 Å². The van der Waals surface area contributed by atoms with E-state index in [9.17, 15) is 14.3 Å². The molecule has 0 rings (SSSR count). The second-order valence-corrected chi connectivity index (χ2v) is 12.8. The first-order valence-electron chi connectivity index (χ1n) is 17.0. The van der Waals surface area contributed by atoms with E-state index in [0.29, 0.717) is 13.0 Å². The van der Waals surface area contributed by atoms with Crippen LogP contribution in [-0.2, 0) is 27.9 Å². The van der Waals surface area contributed by atoms with Crippen LogP contribution in [0.15, 0.2) is 0 Å². The van der Waals surface area contributed by atoms with Crippen LogP contribution >= 0.6 is 7.82 Å². The number of unbranched alkanes of at least 4 members (excludes halogenated alkanes) is 20. The van der Waals surface area contributed by atoms with Gasteiger partial charge in [-0.25, -0.2) is 4.57 Å². The Morgan fingerprint density at radius 1 is 0.634 bits per heavy atom. The van der Waals surface area contributed by atoms with Gasteiger partial charge in [-0.15, -0.1) is 0 Å². The van der Waals surface area contributed by atoms with Crippen molar-refractivity contribution < 1.29 is 32.8 Å². The van der Waals surface area contributed by atoms with Crippen molar-refractivity contribution in [3.05, 3.63) is 0 Å². The van der Waals surface area contributed by atoms with E-state index >= 15 is 0 Å². The molecule has 0 fully saturated rings. The average molecular weight is 608 g/mol. The van der Waals surface area contributed by atoms with Crippen LogP contribution in [0.4, 0.5) is 0 Å². The number of phosphoric acid groups is 1. The molecule has 0 aromatic rings. The van der Waals surface area contributed by atoms with E-state index in [1.165, 1.54) is 109 Å². The minimum absolute atomic E-state index is 0.0913. The fraction of sp³-hybridized carbons (Fsp3) is 0.969. The SMILES string of the molecule is CCCCCCCCCCCCCCCCCCC(=O)OC(COCCCCCCCC)COP(=O)(O)OCCN. The van der Waals surface area contributed by atoms with Crippen LogP contribution in [0.5, 0.6) is 0 Å². The van der Waals surface area contributed by atoms with E-state index in [0.717, 1.165) is 32.1 Å². The van der Waals surface area contributed by atoms with Gasteiger partial charge in [-0.2, -0.15) is 0 Å². The fourth-order valence-electron chi connectivity index (χ4n) is 4.76. The number of rotatable bonds is 33. The highest BCUT2D eigenvalue weighted by Crippen LogP contribution is 2.43. The summed E-state index contributed by atoms with van der Waals surface area (Å²) in [5.41, 5.74) is 5.32. The summed E-state index contributed by atoms with van der Waals surface area (Å²) in [6.45, 7) is 4.89. The summed E-state index contributed by atoms with van der Waals surface area (Å²) in [4.78, 5) is 22.2. The summed E-state index contributed by atoms with van der Waals surface area (Å²) >= 11 is 0. The number of hydrogen-bond donors (Lipinski definition) is 2. The van der Waals surface area contributed by atoms with Gasteiger partial charge < -0.3 is 20.1 Å². The molecule has 0 saturated carbocycles. The van der Waals surface area contributed by atoms with E-state index in [2.05, 4.69) is 13.8 Å². The van der Waals surface area contributed by atoms with E-state index in [1.54, 1.807) is 0 Å². The molecule has 0 spiro atoms. The quantitative estimate of drug-likeness (QED) is 0.0431. The number of hydrogen-bond acceptors (Lipinski definition) is 7. The van der Waals surface area contributed by atoms with E-state index < -0.39 is 13.9 Å². The summed E-state index contributed by atoms with van der Waals surface area (Å²) in [6.07, 6.45) is 27.0. The Kier molecular flexibility index (Phi) is 30.6. The van der Waals surface area contributed by atoms with Gasteiger partial charge in [-0.1, -0.05) is 142 Å². The Morgan fingerprint density at radius 2 is 1.07 bits per heavy atom. The molecule has 0 saturated heterocycles. The van der Waals surface area contributed by atoms with Gasteiger partial charge in [-0.3, -0.25) is 13.8 Å². The molecule has 0 aromatic heterocycles. The molecule has 3 N–H and O–H groups in total. The van der Waals surface area contributed by atoms with Gasteiger partial charge >= 0.3 is 13.8 Å². The molecule has 0 bridgehead atoms. The van der Waals surface area contributed by atoms with Gasteiger partial charge in [0.25, 0.3) is 0 Å². The van der Waals surface area contributed by atoms with Crippen molar-refractivity contribution in [2.45, 2.75) is 168 Å². The number of phosphoric ester groups is 1. The second kappa shape index (κ2) is 30.9. The first-order chi connectivity index (χ1) is 19.9. The van der Waals surface area contributed by atoms with Gasteiger partial charge in [0.05, 0.1) is 19.8 Å². The highest BCUT2D eigenvalue weighted by Gasteiger charge is 2.25. The molecule has 246 valence electrons. The molecular formula is C32H66NO7P. The number of carbonyl (C=O) groups excluding carboxylic acids is 1. The summed E-state index contributed by atoms with van der Waals surface area (Å²) in [5.74, 6) is -0.331. The fourth-order valence-corrected chi connectivity index (χ4v) is 5.53. The minimum atomic E-state index is -4.25. The number of esters is 1. The Morgan fingerprint density at radius 3 is 1.54 bits per heavy atom. The predicted molar refractivity (Wildman–Crippen MR) is 169 cm³/mol. The third-order valence-electron chi connectivity index (χ3n) is 7.27. The molecule has 9 heteroatoms. The minimum Gasteiger partial charge on any atom is -0.457 e. The van der Waals surface area contributed by atoms with Crippen LogP contribution in [0.3, 0.4) is 0 Å². The predicted octanol–water partition coefficient (Wildman–Crippen LogP) is 9.02. The van der Waals surface area contributed by atoms with Crippen LogP contribution in [0, 0.1) is 0 Å². The highest BCUT2D eigenvalue weighted by atomic mass is 31.2. The first-order valence-corrected chi connectivity index (χ1v) is 18.5. The van der Waals surface area contributed by atoms with Gasteiger partial charge in [0.1, 0.15) is 6.10 Å². The van der Waals surface area contributed by atoms with Crippen LogP contribution in [0.2, 0.25) is 0 Å². The van der Waals surface area contributed by atoms with Crippen LogP contribution in [0.1, 0.15) is 162 Å². The van der Waals surface area contributed by atoms with Crippen molar-refractivity contribution in [2.24, 2.45) is 5.73 Å². The molecule has 0 aliphatic heterocycles. The van der Waals surface area contributed by atoms with Crippen LogP contribution < -0.4 is 5.73 Å². The summed E-state index contributed by atoms with van der Waals surface area (Å²) in [5, 5.41) is 0. The molecule has 0 amide bonds. The number of carbonyl (C=O) groups is 1. The number of ether oxygens (including phenoxy) is 2. The lowest BCUT2D eigenvalue weighted by molar-refractivity contribution is -0.154. The lowest BCUT2D eigenvalue weighted by atomic mass is 10.0. The molecular weight excluding hydrogens is 541 g/mol. The molecule has 0 aliphatic carbocycles. The molecule has 0 aromatic carbocycles. The Labute approximate surface area is 252 Å². The first kappa shape index (κ1) is 40.5. The van der Waals surface area contributed by atoms with Crippen LogP contribution in [-0.4, -0.2) is 49.9 Å². The third kappa shape index (κ3) is 30.8.